The lowest BCUT2D eigenvalue weighted by molar-refractivity contribution is 0.660. The summed E-state index contributed by atoms with van der Waals surface area (Å²) < 4.78 is 6.27. The van der Waals surface area contributed by atoms with Gasteiger partial charge in [0.05, 0.1) is 11.4 Å². The van der Waals surface area contributed by atoms with Gasteiger partial charge in [0.1, 0.15) is 11.2 Å². The second kappa shape index (κ2) is 15.0. The first-order valence-corrected chi connectivity index (χ1v) is 22.0. The summed E-state index contributed by atoms with van der Waals surface area (Å²) in [5.41, 5.74) is 21.0. The lowest BCUT2D eigenvalue weighted by Gasteiger charge is -2.22. The summed E-state index contributed by atoms with van der Waals surface area (Å²) in [6, 6.07) is 78.1. The van der Waals surface area contributed by atoms with Crippen LogP contribution in [0.4, 0.5) is 0 Å². The van der Waals surface area contributed by atoms with Gasteiger partial charge in [-0.3, -0.25) is 0 Å². The highest BCUT2D eigenvalue weighted by Crippen LogP contribution is 2.50. The predicted octanol–water partition coefficient (Wildman–Crippen LogP) is 16.4. The number of nitrogens with zero attached hydrogens (tertiary/aromatic N) is 2. The second-order valence-electron chi connectivity index (χ2n) is 17.4. The maximum atomic E-state index is 6.27. The Balaban J connectivity index is 1.02. The molecule has 2 aromatic heterocycles. The van der Waals surface area contributed by atoms with Crippen LogP contribution in [0.1, 0.15) is 25.0 Å². The number of aromatic nitrogens is 2. The number of para-hydroxylation sites is 1. The number of rotatable bonds is 7. The average molecular weight is 819 g/mol. The highest BCUT2D eigenvalue weighted by molar-refractivity contribution is 6.06. The summed E-state index contributed by atoms with van der Waals surface area (Å²) in [5, 5.41) is 2.20. The predicted molar refractivity (Wildman–Crippen MR) is 265 cm³/mol. The van der Waals surface area contributed by atoms with Crippen LogP contribution in [0.5, 0.6) is 0 Å². The van der Waals surface area contributed by atoms with Crippen LogP contribution in [0.3, 0.4) is 0 Å². The van der Waals surface area contributed by atoms with E-state index < -0.39 is 0 Å². The third-order valence-electron chi connectivity index (χ3n) is 13.1. The maximum Gasteiger partial charge on any atom is 0.160 e. The molecule has 0 atom stereocenters. The quantitative estimate of drug-likeness (QED) is 0.161. The average Bonchev–Trinajstić information content (AvgIpc) is 3.85. The molecule has 1 aliphatic carbocycles. The fraction of sp³-hybridized carbons (Fsp3) is 0.0492. The van der Waals surface area contributed by atoms with Gasteiger partial charge < -0.3 is 4.42 Å². The van der Waals surface area contributed by atoms with E-state index in [1.165, 1.54) is 38.9 Å². The first-order valence-electron chi connectivity index (χ1n) is 22.0. The summed E-state index contributed by atoms with van der Waals surface area (Å²) in [5.74, 6) is 0.683. The minimum atomic E-state index is -0.0802. The van der Waals surface area contributed by atoms with Crippen LogP contribution in [0.15, 0.2) is 223 Å². The summed E-state index contributed by atoms with van der Waals surface area (Å²) in [4.78, 5) is 10.5. The Labute approximate surface area is 373 Å². The lowest BCUT2D eigenvalue weighted by Crippen LogP contribution is -2.14. The third kappa shape index (κ3) is 6.53. The molecule has 1 aliphatic rings. The monoisotopic (exact) mass is 818 g/mol. The molecule has 0 fully saturated rings. The third-order valence-corrected chi connectivity index (χ3v) is 13.1. The topological polar surface area (TPSA) is 38.9 Å². The van der Waals surface area contributed by atoms with E-state index in [1.54, 1.807) is 0 Å². The molecule has 0 amide bonds. The van der Waals surface area contributed by atoms with Crippen molar-refractivity contribution in [2.24, 2.45) is 0 Å². The van der Waals surface area contributed by atoms with E-state index in [0.717, 1.165) is 77.8 Å². The molecule has 0 N–H and O–H groups in total. The van der Waals surface area contributed by atoms with Crippen molar-refractivity contribution in [3.8, 4) is 89.5 Å². The second-order valence-corrected chi connectivity index (χ2v) is 17.4. The Bertz CT molecular complexity index is 3560. The van der Waals surface area contributed by atoms with Gasteiger partial charge in [0.25, 0.3) is 0 Å². The van der Waals surface area contributed by atoms with E-state index in [9.17, 15) is 0 Å². The zero-order valence-electron chi connectivity index (χ0n) is 35.6. The fourth-order valence-corrected chi connectivity index (χ4v) is 9.70. The Morgan fingerprint density at radius 1 is 0.312 bits per heavy atom. The van der Waals surface area contributed by atoms with Crippen molar-refractivity contribution < 1.29 is 4.42 Å². The van der Waals surface area contributed by atoms with Crippen LogP contribution in [-0.2, 0) is 5.41 Å². The van der Waals surface area contributed by atoms with Crippen LogP contribution in [0, 0.1) is 0 Å². The maximum absolute atomic E-state index is 6.27. The van der Waals surface area contributed by atoms with Crippen LogP contribution in [0.25, 0.3) is 111 Å². The van der Waals surface area contributed by atoms with Crippen LogP contribution in [-0.4, -0.2) is 9.97 Å². The van der Waals surface area contributed by atoms with Gasteiger partial charge in [0.15, 0.2) is 5.82 Å². The molecular formula is C61H42N2O. The molecule has 0 radical (unpaired) electrons. The zero-order valence-corrected chi connectivity index (χ0v) is 35.6. The van der Waals surface area contributed by atoms with Crippen molar-refractivity contribution >= 4 is 21.9 Å². The van der Waals surface area contributed by atoms with Gasteiger partial charge in [-0.1, -0.05) is 178 Å². The Morgan fingerprint density at radius 3 is 1.59 bits per heavy atom. The molecule has 64 heavy (non-hydrogen) atoms. The summed E-state index contributed by atoms with van der Waals surface area (Å²) in [6.07, 6.45) is 0. The van der Waals surface area contributed by atoms with Gasteiger partial charge in [0.2, 0.25) is 0 Å². The summed E-state index contributed by atoms with van der Waals surface area (Å²) in [6.45, 7) is 4.69. The van der Waals surface area contributed by atoms with Crippen molar-refractivity contribution in [1.82, 2.24) is 9.97 Å². The molecule has 11 aromatic rings. The Hall–Kier alpha value is -8.14. The molecule has 0 aliphatic heterocycles. The van der Waals surface area contributed by atoms with E-state index >= 15 is 0 Å². The number of hydrogen-bond acceptors (Lipinski definition) is 3. The highest BCUT2D eigenvalue weighted by atomic mass is 16.3. The molecule has 12 rings (SSSR count). The molecule has 3 nitrogen and oxygen atoms in total. The normalized spacial score (nSPS) is 12.7. The Kier molecular flexibility index (Phi) is 8.84. The Morgan fingerprint density at radius 2 is 0.812 bits per heavy atom. The first kappa shape index (κ1) is 37.6. The standard InChI is InChI=1S/C61H42N2O/c1-61(2)54-22-11-9-20-50(54)51-30-28-46(37-55(51)61)43-18-13-19-44(32-43)47-33-48(45-29-31-59-53(36-45)52-21-10-12-23-58(52)64-59)35-49(34-47)57-38-56(62-60(63-57)42-16-7-4-8-17-42)41-26-24-40(25-27-41)39-14-5-3-6-15-39/h3-38H,1-2H3. The largest absolute Gasteiger partial charge is 0.456 e. The van der Waals surface area contributed by atoms with Crippen LogP contribution in [0.2, 0.25) is 0 Å². The number of furan rings is 1. The molecule has 0 saturated heterocycles. The van der Waals surface area contributed by atoms with Gasteiger partial charge in [-0.15, -0.1) is 0 Å². The van der Waals surface area contributed by atoms with Crippen molar-refractivity contribution in [2.45, 2.75) is 19.3 Å². The molecule has 0 saturated carbocycles. The van der Waals surface area contributed by atoms with Crippen molar-refractivity contribution in [1.29, 1.82) is 0 Å². The molecular weight excluding hydrogens is 777 g/mol. The van der Waals surface area contributed by atoms with Gasteiger partial charge in [-0.25, -0.2) is 9.97 Å². The SMILES string of the molecule is CC1(C)c2ccccc2-c2ccc(-c3cccc(-c4cc(-c5ccc6oc7ccccc7c6c5)cc(-c5cc(-c6ccc(-c7ccccc7)cc6)nc(-c6ccccc6)n5)c4)c3)cc21. The molecule has 0 bridgehead atoms. The number of benzene rings is 9. The zero-order chi connectivity index (χ0) is 42.8. The first-order chi connectivity index (χ1) is 31.4. The van der Waals surface area contributed by atoms with E-state index in [1.807, 2.05) is 36.4 Å². The van der Waals surface area contributed by atoms with E-state index in [-0.39, 0.29) is 5.41 Å². The molecule has 3 heteroatoms. The molecule has 9 aromatic carbocycles. The van der Waals surface area contributed by atoms with Gasteiger partial charge >= 0.3 is 0 Å². The molecule has 302 valence electrons. The molecule has 2 heterocycles. The smallest absolute Gasteiger partial charge is 0.160 e. The van der Waals surface area contributed by atoms with E-state index in [0.29, 0.717) is 5.82 Å². The summed E-state index contributed by atoms with van der Waals surface area (Å²) in [7, 11) is 0. The van der Waals surface area contributed by atoms with E-state index in [2.05, 4.69) is 196 Å². The molecule has 0 spiro atoms. The summed E-state index contributed by atoms with van der Waals surface area (Å²) >= 11 is 0. The van der Waals surface area contributed by atoms with Crippen molar-refractivity contribution in [3.63, 3.8) is 0 Å². The molecule has 0 unspecified atom stereocenters. The van der Waals surface area contributed by atoms with Crippen LogP contribution < -0.4 is 0 Å². The van der Waals surface area contributed by atoms with Gasteiger partial charge in [-0.2, -0.15) is 0 Å². The minimum absolute atomic E-state index is 0.0802. The van der Waals surface area contributed by atoms with Gasteiger partial charge in [-0.05, 0) is 121 Å². The lowest BCUT2D eigenvalue weighted by atomic mass is 9.81. The minimum Gasteiger partial charge on any atom is -0.456 e. The number of fused-ring (bicyclic) bond motifs is 6. The number of hydrogen-bond donors (Lipinski definition) is 0. The van der Waals surface area contributed by atoms with Crippen LogP contribution >= 0.6 is 0 Å². The van der Waals surface area contributed by atoms with E-state index in [4.69, 9.17) is 14.4 Å². The van der Waals surface area contributed by atoms with Crippen molar-refractivity contribution in [2.75, 3.05) is 0 Å². The fourth-order valence-electron chi connectivity index (χ4n) is 9.70. The van der Waals surface area contributed by atoms with Gasteiger partial charge in [0, 0.05) is 32.9 Å². The highest BCUT2D eigenvalue weighted by Gasteiger charge is 2.35. The van der Waals surface area contributed by atoms with Crippen molar-refractivity contribution in [3.05, 3.63) is 230 Å².